The van der Waals surface area contributed by atoms with Crippen molar-refractivity contribution in [3.63, 3.8) is 0 Å². The molecule has 0 spiro atoms. The smallest absolute Gasteiger partial charge is 0.150 e. The van der Waals surface area contributed by atoms with Crippen LogP contribution in [0.3, 0.4) is 0 Å². The van der Waals surface area contributed by atoms with Gasteiger partial charge in [0, 0.05) is 40.3 Å². The Kier molecular flexibility index (Phi) is 16.9. The predicted molar refractivity (Wildman–Crippen MR) is 172 cm³/mol. The Morgan fingerprint density at radius 3 is 2.26 bits per heavy atom. The number of allylic oxidation sites excluding steroid dienone is 5. The molecule has 2 aromatic rings. The van der Waals surface area contributed by atoms with Gasteiger partial charge in [0.2, 0.25) is 0 Å². The molecule has 1 aromatic heterocycles. The summed E-state index contributed by atoms with van der Waals surface area (Å²) in [6, 6.07) is 7.80. The van der Waals surface area contributed by atoms with Crippen LogP contribution in [-0.2, 0) is 11.2 Å². The van der Waals surface area contributed by atoms with Gasteiger partial charge < -0.3 is 15.6 Å². The third-order valence-corrected chi connectivity index (χ3v) is 6.94. The molecule has 0 atom stereocenters. The zero-order valence-corrected chi connectivity index (χ0v) is 26.2. The molecule has 1 aliphatic carbocycles. The molecule has 3 rings (SSSR count). The molecule has 5 heteroatoms. The van der Waals surface area contributed by atoms with Crippen LogP contribution in [0, 0.1) is 13.8 Å². The van der Waals surface area contributed by atoms with E-state index in [0.29, 0.717) is 10.6 Å². The average molecular weight is 552 g/mol. The summed E-state index contributed by atoms with van der Waals surface area (Å²) in [7, 11) is 3.86. The van der Waals surface area contributed by atoms with Crippen LogP contribution in [0.25, 0.3) is 11.6 Å². The largest absolute Gasteiger partial charge is 0.388 e. The number of aromatic nitrogens is 1. The summed E-state index contributed by atoms with van der Waals surface area (Å²) in [5.41, 5.74) is 9.30. The molecular formula is C34H50ClN3O. The first-order valence-electron chi connectivity index (χ1n) is 14.5. The highest BCUT2D eigenvalue weighted by Crippen LogP contribution is 2.34. The lowest BCUT2D eigenvalue weighted by Gasteiger charge is -2.17. The number of aldehydes is 1. The van der Waals surface area contributed by atoms with Crippen molar-refractivity contribution in [2.24, 2.45) is 0 Å². The lowest BCUT2D eigenvalue weighted by Crippen LogP contribution is -2.12. The van der Waals surface area contributed by atoms with Crippen LogP contribution in [0.15, 0.2) is 59.3 Å². The second-order valence-corrected chi connectivity index (χ2v) is 9.80. The maximum atomic E-state index is 12.5. The molecule has 0 saturated heterocycles. The normalized spacial score (nSPS) is 13.1. The first-order chi connectivity index (χ1) is 18.9. The van der Waals surface area contributed by atoms with Crippen molar-refractivity contribution >= 4 is 29.5 Å². The van der Waals surface area contributed by atoms with Crippen LogP contribution >= 0.6 is 11.6 Å². The highest BCUT2D eigenvalue weighted by molar-refractivity contribution is 6.30. The summed E-state index contributed by atoms with van der Waals surface area (Å²) in [6.45, 7) is 13.6. The van der Waals surface area contributed by atoms with E-state index in [1.807, 2.05) is 70.4 Å². The van der Waals surface area contributed by atoms with Crippen LogP contribution in [0.2, 0.25) is 5.02 Å². The number of unbranched alkanes of at least 4 members (excludes halogenated alkanes) is 2. The second-order valence-electron chi connectivity index (χ2n) is 9.37. The molecule has 214 valence electrons. The first kappa shape index (κ1) is 34.2. The molecule has 1 heterocycles. The number of carbonyl (C=O) groups is 1. The van der Waals surface area contributed by atoms with Crippen LogP contribution in [0.1, 0.15) is 87.9 Å². The molecule has 39 heavy (non-hydrogen) atoms. The van der Waals surface area contributed by atoms with E-state index < -0.39 is 0 Å². The van der Waals surface area contributed by atoms with E-state index >= 15 is 0 Å². The van der Waals surface area contributed by atoms with Crippen LogP contribution in [0.4, 0.5) is 0 Å². The molecule has 0 radical (unpaired) electrons. The Morgan fingerprint density at radius 2 is 1.72 bits per heavy atom. The fraction of sp³-hybridized carbons (Fsp3) is 0.441. The number of nitrogens with one attached hydrogen (secondary N) is 3. The number of hydrogen-bond acceptors (Lipinski definition) is 3. The Bertz CT molecular complexity index is 1130. The molecule has 0 aliphatic heterocycles. The third kappa shape index (κ3) is 10.3. The molecule has 4 nitrogen and oxygen atoms in total. The van der Waals surface area contributed by atoms with Gasteiger partial charge in [0.05, 0.1) is 0 Å². The van der Waals surface area contributed by atoms with Gasteiger partial charge in [0.25, 0.3) is 0 Å². The number of hydrogen-bond donors (Lipinski definition) is 3. The number of aryl methyl sites for hydroxylation is 1. The number of H-pyrrole nitrogens is 1. The maximum absolute atomic E-state index is 12.5. The second kappa shape index (κ2) is 19.3. The fourth-order valence-corrected chi connectivity index (χ4v) is 4.64. The summed E-state index contributed by atoms with van der Waals surface area (Å²) in [5, 5.41) is 7.19. The van der Waals surface area contributed by atoms with Crippen LogP contribution in [-0.4, -0.2) is 31.9 Å². The van der Waals surface area contributed by atoms with E-state index in [2.05, 4.69) is 49.4 Å². The number of likely N-dealkylation sites (N-methyl/N-ethyl adjacent to an activating group) is 1. The molecular weight excluding hydrogens is 502 g/mol. The van der Waals surface area contributed by atoms with Gasteiger partial charge >= 0.3 is 0 Å². The van der Waals surface area contributed by atoms with Crippen molar-refractivity contribution in [2.45, 2.75) is 80.1 Å². The maximum Gasteiger partial charge on any atom is 0.150 e. The molecule has 1 aromatic carbocycles. The minimum Gasteiger partial charge on any atom is -0.388 e. The number of carbonyl (C=O) groups excluding carboxylic acids is 1. The third-order valence-electron chi connectivity index (χ3n) is 6.69. The van der Waals surface area contributed by atoms with Gasteiger partial charge in [-0.25, -0.2) is 0 Å². The Labute approximate surface area is 242 Å². The molecule has 1 aliphatic rings. The number of benzene rings is 1. The Balaban J connectivity index is 0.000000975. The lowest BCUT2D eigenvalue weighted by molar-refractivity contribution is -0.104. The number of rotatable bonds is 11. The topological polar surface area (TPSA) is 56.9 Å². The predicted octanol–water partition coefficient (Wildman–Crippen LogP) is 8.76. The van der Waals surface area contributed by atoms with Crippen molar-refractivity contribution in [1.29, 1.82) is 0 Å². The quantitative estimate of drug-likeness (QED) is 0.148. The summed E-state index contributed by atoms with van der Waals surface area (Å²) in [6.07, 6.45) is 15.9. The van der Waals surface area contributed by atoms with Crippen molar-refractivity contribution in [1.82, 2.24) is 15.6 Å². The van der Waals surface area contributed by atoms with Crippen molar-refractivity contribution < 1.29 is 4.79 Å². The summed E-state index contributed by atoms with van der Waals surface area (Å²) >= 11 is 6.13. The zero-order valence-electron chi connectivity index (χ0n) is 25.4. The zero-order chi connectivity index (χ0) is 29.2. The monoisotopic (exact) mass is 551 g/mol. The minimum absolute atomic E-state index is 0.648. The Hall–Kier alpha value is -2.82. The van der Waals surface area contributed by atoms with Gasteiger partial charge in [-0.05, 0) is 93.3 Å². The molecule has 0 fully saturated rings. The van der Waals surface area contributed by atoms with Gasteiger partial charge in [-0.15, -0.1) is 0 Å². The molecule has 0 amide bonds. The summed E-state index contributed by atoms with van der Waals surface area (Å²) < 4.78 is 0. The Morgan fingerprint density at radius 1 is 1.05 bits per heavy atom. The number of halogens is 1. The van der Waals surface area contributed by atoms with Gasteiger partial charge in [-0.1, -0.05) is 82.8 Å². The van der Waals surface area contributed by atoms with Crippen molar-refractivity contribution in [3.05, 3.63) is 92.4 Å². The first-order valence-corrected chi connectivity index (χ1v) is 14.8. The van der Waals surface area contributed by atoms with Gasteiger partial charge in [-0.3, -0.25) is 4.79 Å². The molecule has 0 unspecified atom stereocenters. The van der Waals surface area contributed by atoms with E-state index in [-0.39, 0.29) is 0 Å². The molecule has 3 N–H and O–H groups in total. The average Bonchev–Trinajstić information content (AvgIpc) is 3.10. The van der Waals surface area contributed by atoms with Crippen molar-refractivity contribution in [2.75, 3.05) is 20.6 Å². The summed E-state index contributed by atoms with van der Waals surface area (Å²) in [4.78, 5) is 16.0. The van der Waals surface area contributed by atoms with E-state index in [1.54, 1.807) is 0 Å². The van der Waals surface area contributed by atoms with E-state index in [9.17, 15) is 4.79 Å². The van der Waals surface area contributed by atoms with E-state index in [4.69, 9.17) is 11.6 Å². The van der Waals surface area contributed by atoms with Crippen molar-refractivity contribution in [3.8, 4) is 0 Å². The van der Waals surface area contributed by atoms with E-state index in [1.165, 1.54) is 30.4 Å². The highest BCUT2D eigenvalue weighted by Gasteiger charge is 2.19. The lowest BCUT2D eigenvalue weighted by atomic mass is 9.90. The van der Waals surface area contributed by atoms with Crippen LogP contribution in [0.5, 0.6) is 0 Å². The van der Waals surface area contributed by atoms with E-state index in [0.717, 1.165) is 65.9 Å². The fourth-order valence-electron chi connectivity index (χ4n) is 4.51. The van der Waals surface area contributed by atoms with Gasteiger partial charge in [0.1, 0.15) is 0 Å². The summed E-state index contributed by atoms with van der Waals surface area (Å²) in [5.74, 6) is 0. The van der Waals surface area contributed by atoms with Gasteiger partial charge in [-0.2, -0.15) is 0 Å². The molecule has 0 saturated carbocycles. The standard InChI is InChI=1S/C27H32ClN3O.C5H12.C2H6/c1-18-19(2)31-26(23(18)9-7-15-29-3)16-21(17-32)27-24(8-5-6-10-25(27)30-4)20-11-13-22(28)14-12-20;1-3-5-4-2;1-2/h5-6,10-14,16-17,29-31H,7-9,15H2,1-4H3;3-5H2,1-2H3;1-2H3/b21-16+;;. The van der Waals surface area contributed by atoms with Gasteiger partial charge in [0.15, 0.2) is 6.29 Å². The minimum atomic E-state index is 0.648. The van der Waals surface area contributed by atoms with Crippen LogP contribution < -0.4 is 10.6 Å². The highest BCUT2D eigenvalue weighted by atomic mass is 35.5. The molecule has 0 bridgehead atoms. The number of aromatic amines is 1. The SMILES string of the molecule is CC.CCCCC.CNCCCc1c(/C=C(\C=O)C2=C(c3ccc(Cl)cc3)CC=CC=C2NC)[nH]c(C)c1C.